The minimum atomic E-state index is -4.59. The van der Waals surface area contributed by atoms with Crippen LogP contribution in [0.4, 0.5) is 36.3 Å². The maximum absolute atomic E-state index is 13.6. The van der Waals surface area contributed by atoms with E-state index in [1.54, 1.807) is 24.3 Å². The highest BCUT2D eigenvalue weighted by atomic mass is 19.4. The first-order valence-corrected chi connectivity index (χ1v) is 12.2. The summed E-state index contributed by atoms with van der Waals surface area (Å²) in [6.07, 6.45) is 3.83. The molecule has 1 heterocycles. The standard InChI is InChI=1S/C27H33F3N4O/c1-3-5-7-8-18-35-23-16-14-21(15-17-23)32-25-24(27(28,29)30)19-31-26(34-25)33-22-12-10-20(11-13-22)9-6-4-2/h10-17,19H,3-9,18H2,1-2H3,(H2,31,32,33,34). The van der Waals surface area contributed by atoms with E-state index in [1.165, 1.54) is 12.0 Å². The first-order chi connectivity index (χ1) is 16.9. The number of rotatable bonds is 13. The molecule has 2 aromatic carbocycles. The molecule has 8 heteroatoms. The Morgan fingerprint density at radius 3 is 2.11 bits per heavy atom. The summed E-state index contributed by atoms with van der Waals surface area (Å²) < 4.78 is 46.5. The molecular formula is C27H33F3N4O. The van der Waals surface area contributed by atoms with Crippen molar-refractivity contribution in [3.8, 4) is 5.75 Å². The summed E-state index contributed by atoms with van der Waals surface area (Å²) in [4.78, 5) is 8.00. The third kappa shape index (κ3) is 8.46. The van der Waals surface area contributed by atoms with Gasteiger partial charge in [0.15, 0.2) is 0 Å². The van der Waals surface area contributed by atoms with Crippen molar-refractivity contribution in [1.29, 1.82) is 0 Å². The van der Waals surface area contributed by atoms with Crippen molar-refractivity contribution in [1.82, 2.24) is 9.97 Å². The Morgan fingerprint density at radius 1 is 0.800 bits per heavy atom. The van der Waals surface area contributed by atoms with Gasteiger partial charge in [-0.25, -0.2) is 4.98 Å². The lowest BCUT2D eigenvalue weighted by Crippen LogP contribution is -2.12. The smallest absolute Gasteiger partial charge is 0.421 e. The van der Waals surface area contributed by atoms with E-state index in [0.717, 1.165) is 44.7 Å². The van der Waals surface area contributed by atoms with Crippen LogP contribution in [0.25, 0.3) is 0 Å². The molecule has 0 unspecified atom stereocenters. The third-order valence-corrected chi connectivity index (χ3v) is 5.51. The second-order valence-electron chi connectivity index (χ2n) is 8.44. The third-order valence-electron chi connectivity index (χ3n) is 5.51. The van der Waals surface area contributed by atoms with Gasteiger partial charge in [0.1, 0.15) is 17.1 Å². The number of aryl methyl sites for hydroxylation is 1. The summed E-state index contributed by atoms with van der Waals surface area (Å²) in [7, 11) is 0. The van der Waals surface area contributed by atoms with E-state index < -0.39 is 11.7 Å². The van der Waals surface area contributed by atoms with Gasteiger partial charge in [-0.1, -0.05) is 51.7 Å². The van der Waals surface area contributed by atoms with Crippen LogP contribution in [0, 0.1) is 0 Å². The van der Waals surface area contributed by atoms with Gasteiger partial charge in [0, 0.05) is 17.6 Å². The van der Waals surface area contributed by atoms with Gasteiger partial charge in [-0.05, 0) is 61.2 Å². The zero-order valence-electron chi connectivity index (χ0n) is 20.3. The number of alkyl halides is 3. The number of anilines is 4. The molecule has 0 bridgehead atoms. The molecule has 0 aliphatic rings. The highest BCUT2D eigenvalue weighted by Gasteiger charge is 2.35. The molecule has 1 aromatic heterocycles. The molecule has 0 radical (unpaired) electrons. The Bertz CT molecular complexity index is 1040. The Kier molecular flexibility index (Phi) is 9.76. The van der Waals surface area contributed by atoms with Crippen molar-refractivity contribution in [3.05, 3.63) is 65.9 Å². The van der Waals surface area contributed by atoms with Crippen LogP contribution in [-0.2, 0) is 12.6 Å². The van der Waals surface area contributed by atoms with Gasteiger partial charge < -0.3 is 15.4 Å². The zero-order chi connectivity index (χ0) is 25.1. The number of ether oxygens (including phenoxy) is 1. The number of hydrogen-bond donors (Lipinski definition) is 2. The molecule has 0 spiro atoms. The van der Waals surface area contributed by atoms with Crippen LogP contribution in [0.2, 0.25) is 0 Å². The molecule has 3 aromatic rings. The quantitative estimate of drug-likeness (QED) is 0.238. The zero-order valence-corrected chi connectivity index (χ0v) is 20.3. The van der Waals surface area contributed by atoms with Crippen molar-refractivity contribution in [3.63, 3.8) is 0 Å². The first-order valence-electron chi connectivity index (χ1n) is 12.2. The van der Waals surface area contributed by atoms with Crippen molar-refractivity contribution < 1.29 is 17.9 Å². The molecule has 0 atom stereocenters. The maximum atomic E-state index is 13.6. The first kappa shape index (κ1) is 26.3. The maximum Gasteiger partial charge on any atom is 0.421 e. The molecule has 0 aliphatic heterocycles. The fraction of sp³-hybridized carbons (Fsp3) is 0.407. The van der Waals surface area contributed by atoms with E-state index in [-0.39, 0.29) is 11.8 Å². The number of hydrogen-bond acceptors (Lipinski definition) is 5. The van der Waals surface area contributed by atoms with Crippen LogP contribution in [0.1, 0.15) is 63.5 Å². The average Bonchev–Trinajstić information content (AvgIpc) is 2.84. The fourth-order valence-corrected chi connectivity index (χ4v) is 3.50. The van der Waals surface area contributed by atoms with Gasteiger partial charge in [0.2, 0.25) is 5.95 Å². The van der Waals surface area contributed by atoms with E-state index in [2.05, 4.69) is 34.4 Å². The minimum absolute atomic E-state index is 0.0776. The fourth-order valence-electron chi connectivity index (χ4n) is 3.50. The molecule has 5 nitrogen and oxygen atoms in total. The number of nitrogens with one attached hydrogen (secondary N) is 2. The Balaban J connectivity index is 1.70. The Labute approximate surface area is 205 Å². The van der Waals surface area contributed by atoms with Gasteiger partial charge >= 0.3 is 6.18 Å². The van der Waals surface area contributed by atoms with Gasteiger partial charge in [0.25, 0.3) is 0 Å². The monoisotopic (exact) mass is 486 g/mol. The topological polar surface area (TPSA) is 59.1 Å². The van der Waals surface area contributed by atoms with Gasteiger partial charge in [-0.3, -0.25) is 0 Å². The number of aromatic nitrogens is 2. The molecule has 0 aliphatic carbocycles. The highest BCUT2D eigenvalue weighted by molar-refractivity contribution is 5.63. The van der Waals surface area contributed by atoms with Gasteiger partial charge in [-0.15, -0.1) is 0 Å². The molecule has 188 valence electrons. The Hall–Kier alpha value is -3.29. The van der Waals surface area contributed by atoms with Crippen molar-refractivity contribution >= 4 is 23.1 Å². The second kappa shape index (κ2) is 13.0. The van der Waals surface area contributed by atoms with Crippen LogP contribution in [0.15, 0.2) is 54.7 Å². The summed E-state index contributed by atoms with van der Waals surface area (Å²) in [5.74, 6) is 0.437. The van der Waals surface area contributed by atoms with E-state index in [0.29, 0.717) is 23.7 Å². The number of unbranched alkanes of at least 4 members (excludes halogenated alkanes) is 4. The van der Waals surface area contributed by atoms with Gasteiger partial charge in [0.05, 0.1) is 6.61 Å². The summed E-state index contributed by atoms with van der Waals surface area (Å²) in [5, 5.41) is 5.77. The summed E-state index contributed by atoms with van der Waals surface area (Å²) in [5.41, 5.74) is 1.45. The second-order valence-corrected chi connectivity index (χ2v) is 8.44. The predicted octanol–water partition coefficient (Wildman–Crippen LogP) is 8.28. The number of nitrogens with zero attached hydrogens (tertiary/aromatic N) is 2. The lowest BCUT2D eigenvalue weighted by Gasteiger charge is -2.15. The number of benzene rings is 2. The van der Waals surface area contributed by atoms with Crippen LogP contribution in [-0.4, -0.2) is 16.6 Å². The molecule has 3 rings (SSSR count). The molecular weight excluding hydrogens is 453 g/mol. The van der Waals surface area contributed by atoms with E-state index in [9.17, 15) is 13.2 Å². The van der Waals surface area contributed by atoms with Gasteiger partial charge in [-0.2, -0.15) is 18.2 Å². The lowest BCUT2D eigenvalue weighted by atomic mass is 10.1. The van der Waals surface area contributed by atoms with E-state index in [4.69, 9.17) is 4.74 Å². The molecule has 0 amide bonds. The van der Waals surface area contributed by atoms with E-state index in [1.807, 2.05) is 24.3 Å². The summed E-state index contributed by atoms with van der Waals surface area (Å²) >= 11 is 0. The number of halogens is 3. The van der Waals surface area contributed by atoms with Crippen molar-refractivity contribution in [2.24, 2.45) is 0 Å². The average molecular weight is 487 g/mol. The van der Waals surface area contributed by atoms with Crippen LogP contribution in [0.3, 0.4) is 0 Å². The molecule has 0 saturated carbocycles. The predicted molar refractivity (Wildman–Crippen MR) is 135 cm³/mol. The summed E-state index contributed by atoms with van der Waals surface area (Å²) in [6.45, 7) is 4.91. The van der Waals surface area contributed by atoms with Crippen LogP contribution >= 0.6 is 0 Å². The Morgan fingerprint density at radius 2 is 1.46 bits per heavy atom. The van der Waals surface area contributed by atoms with Crippen molar-refractivity contribution in [2.75, 3.05) is 17.2 Å². The van der Waals surface area contributed by atoms with E-state index >= 15 is 0 Å². The SMILES string of the molecule is CCCCCCOc1ccc(Nc2nc(Nc3ccc(CCCC)cc3)ncc2C(F)(F)F)cc1. The normalized spacial score (nSPS) is 11.3. The largest absolute Gasteiger partial charge is 0.494 e. The molecule has 0 saturated heterocycles. The molecule has 0 fully saturated rings. The lowest BCUT2D eigenvalue weighted by molar-refractivity contribution is -0.137. The van der Waals surface area contributed by atoms with Crippen LogP contribution in [0.5, 0.6) is 5.75 Å². The molecule has 2 N–H and O–H groups in total. The minimum Gasteiger partial charge on any atom is -0.494 e. The van der Waals surface area contributed by atoms with Crippen LogP contribution < -0.4 is 15.4 Å². The highest BCUT2D eigenvalue weighted by Crippen LogP contribution is 2.35. The van der Waals surface area contributed by atoms with Crippen molar-refractivity contribution in [2.45, 2.75) is 65.0 Å². The summed E-state index contributed by atoms with van der Waals surface area (Å²) in [6, 6.07) is 14.5. The molecule has 35 heavy (non-hydrogen) atoms.